The van der Waals surface area contributed by atoms with E-state index in [2.05, 4.69) is 15.5 Å². The molecule has 3 amide bonds. The van der Waals surface area contributed by atoms with Crippen LogP contribution in [0.25, 0.3) is 0 Å². The predicted octanol–water partition coefficient (Wildman–Crippen LogP) is 1.87. The second-order valence-corrected chi connectivity index (χ2v) is 9.25. The van der Waals surface area contributed by atoms with Crippen LogP contribution in [0.4, 0.5) is 4.79 Å². The molecule has 1 aliphatic rings. The number of carbonyl (C=O) groups is 3. The first-order valence-electron chi connectivity index (χ1n) is 10.9. The van der Waals surface area contributed by atoms with E-state index < -0.39 is 11.1 Å². The molecule has 1 fully saturated rings. The minimum Gasteiger partial charge on any atom is -0.497 e. The zero-order valence-electron chi connectivity index (χ0n) is 20.0. The van der Waals surface area contributed by atoms with Gasteiger partial charge >= 0.3 is 6.09 Å². The maximum absolute atomic E-state index is 12.8. The lowest BCUT2D eigenvalue weighted by atomic mass is 10.0. The molecule has 1 aromatic rings. The molecule has 0 aromatic heterocycles. The first-order valence-corrected chi connectivity index (χ1v) is 10.9. The molecule has 0 bridgehead atoms. The number of piperazine rings is 1. The predicted molar refractivity (Wildman–Crippen MR) is 122 cm³/mol. The Morgan fingerprint density at radius 3 is 2.00 bits per heavy atom. The number of benzene rings is 1. The van der Waals surface area contributed by atoms with Crippen molar-refractivity contribution < 1.29 is 23.9 Å². The zero-order chi connectivity index (χ0) is 23.9. The highest BCUT2D eigenvalue weighted by atomic mass is 16.6. The lowest BCUT2D eigenvalue weighted by Gasteiger charge is -2.43. The Balaban J connectivity index is 1.75. The molecule has 0 aliphatic carbocycles. The number of nitrogens with zero attached hydrogens (tertiary/aromatic N) is 2. The zero-order valence-corrected chi connectivity index (χ0v) is 20.0. The average molecular weight is 449 g/mol. The molecule has 2 rings (SSSR count). The first-order chi connectivity index (χ1) is 14.9. The number of hydrogen-bond acceptors (Lipinski definition) is 6. The topological polar surface area (TPSA) is 100 Å². The van der Waals surface area contributed by atoms with Crippen molar-refractivity contribution in [3.63, 3.8) is 0 Å². The van der Waals surface area contributed by atoms with Gasteiger partial charge in [0.15, 0.2) is 0 Å². The molecule has 178 valence electrons. The molecule has 0 radical (unpaired) electrons. The van der Waals surface area contributed by atoms with Crippen LogP contribution in [0.15, 0.2) is 24.3 Å². The molecule has 0 atom stereocenters. The van der Waals surface area contributed by atoms with E-state index in [9.17, 15) is 14.4 Å². The van der Waals surface area contributed by atoms with Crippen LogP contribution in [-0.2, 0) is 9.53 Å². The number of methoxy groups -OCH3 is 1. The van der Waals surface area contributed by atoms with E-state index in [1.54, 1.807) is 36.3 Å². The normalized spacial score (nSPS) is 15.1. The Morgan fingerprint density at radius 2 is 1.47 bits per heavy atom. The minimum atomic E-state index is -0.736. The summed E-state index contributed by atoms with van der Waals surface area (Å²) < 4.78 is 10.5. The van der Waals surface area contributed by atoms with Crippen LogP contribution in [0.1, 0.15) is 45.0 Å². The molecule has 1 aliphatic heterocycles. The van der Waals surface area contributed by atoms with Crippen LogP contribution in [0.5, 0.6) is 5.75 Å². The lowest BCUT2D eigenvalue weighted by Crippen LogP contribution is -2.61. The lowest BCUT2D eigenvalue weighted by molar-refractivity contribution is -0.132. The van der Waals surface area contributed by atoms with Gasteiger partial charge in [0, 0.05) is 44.8 Å². The third-order valence-corrected chi connectivity index (χ3v) is 5.33. The van der Waals surface area contributed by atoms with Crippen LogP contribution in [-0.4, -0.2) is 85.2 Å². The van der Waals surface area contributed by atoms with Gasteiger partial charge in [0.2, 0.25) is 5.91 Å². The Morgan fingerprint density at radius 1 is 0.906 bits per heavy atom. The fourth-order valence-corrected chi connectivity index (χ4v) is 3.33. The standard InChI is InChI=1S/C23H36N4O5/c1-22(2,3)32-21(30)26-13-15-27(16-14-26)23(4,5)20(29)25-12-11-24-19(28)17-7-9-18(31-6)10-8-17/h7-10H,11-16H2,1-6H3,(H,24,28)(H,25,29). The molecule has 0 spiro atoms. The van der Waals surface area contributed by atoms with Crippen LogP contribution >= 0.6 is 0 Å². The number of nitrogens with one attached hydrogen (secondary N) is 2. The molecule has 2 N–H and O–H groups in total. The fourth-order valence-electron chi connectivity index (χ4n) is 3.33. The van der Waals surface area contributed by atoms with Gasteiger partial charge in [-0.05, 0) is 58.9 Å². The summed E-state index contributed by atoms with van der Waals surface area (Å²) in [5.41, 5.74) is -0.740. The smallest absolute Gasteiger partial charge is 0.410 e. The SMILES string of the molecule is COc1ccc(C(=O)NCCNC(=O)C(C)(C)N2CCN(C(=O)OC(C)(C)C)CC2)cc1. The number of hydrogen-bond donors (Lipinski definition) is 2. The minimum absolute atomic E-state index is 0.123. The van der Waals surface area contributed by atoms with Gasteiger partial charge in [0.05, 0.1) is 12.6 Å². The van der Waals surface area contributed by atoms with E-state index in [1.807, 2.05) is 34.6 Å². The molecule has 1 aromatic carbocycles. The number of ether oxygens (including phenoxy) is 2. The van der Waals surface area contributed by atoms with Crippen molar-refractivity contribution in [2.45, 2.75) is 45.8 Å². The maximum atomic E-state index is 12.8. The molecular formula is C23H36N4O5. The van der Waals surface area contributed by atoms with E-state index >= 15 is 0 Å². The van der Waals surface area contributed by atoms with Gasteiger partial charge in [0.1, 0.15) is 11.4 Å². The highest BCUT2D eigenvalue weighted by molar-refractivity contribution is 5.94. The second-order valence-electron chi connectivity index (χ2n) is 9.25. The van der Waals surface area contributed by atoms with Gasteiger partial charge in [-0.25, -0.2) is 4.79 Å². The van der Waals surface area contributed by atoms with E-state index in [-0.39, 0.29) is 17.9 Å². The summed E-state index contributed by atoms with van der Waals surface area (Å²) in [5.74, 6) is 0.351. The van der Waals surface area contributed by atoms with Crippen molar-refractivity contribution >= 4 is 17.9 Å². The monoisotopic (exact) mass is 448 g/mol. The Kier molecular flexibility index (Phi) is 8.49. The van der Waals surface area contributed by atoms with Crippen molar-refractivity contribution in [1.29, 1.82) is 0 Å². The van der Waals surface area contributed by atoms with Crippen molar-refractivity contribution in [2.75, 3.05) is 46.4 Å². The highest BCUT2D eigenvalue weighted by Gasteiger charge is 2.37. The number of amides is 3. The number of rotatable bonds is 7. The average Bonchev–Trinajstić information content (AvgIpc) is 2.75. The Hall–Kier alpha value is -2.81. The molecule has 0 saturated carbocycles. The summed E-state index contributed by atoms with van der Waals surface area (Å²) in [5, 5.41) is 5.68. The summed E-state index contributed by atoms with van der Waals surface area (Å²) in [4.78, 5) is 40.9. The third-order valence-electron chi connectivity index (χ3n) is 5.33. The summed E-state index contributed by atoms with van der Waals surface area (Å²) in [6.45, 7) is 12.1. The molecule has 9 heteroatoms. The van der Waals surface area contributed by atoms with Crippen LogP contribution in [0.2, 0.25) is 0 Å². The van der Waals surface area contributed by atoms with E-state index in [1.165, 1.54) is 0 Å². The van der Waals surface area contributed by atoms with Gasteiger partial charge < -0.3 is 25.0 Å². The van der Waals surface area contributed by atoms with Crippen molar-refractivity contribution in [3.8, 4) is 5.75 Å². The largest absolute Gasteiger partial charge is 0.497 e. The van der Waals surface area contributed by atoms with E-state index in [0.29, 0.717) is 50.6 Å². The summed E-state index contributed by atoms with van der Waals surface area (Å²) in [7, 11) is 1.57. The number of carbonyl (C=O) groups excluding carboxylic acids is 3. The van der Waals surface area contributed by atoms with Gasteiger partial charge in [-0.3, -0.25) is 14.5 Å². The van der Waals surface area contributed by atoms with Crippen molar-refractivity contribution in [3.05, 3.63) is 29.8 Å². The Bertz CT molecular complexity index is 794. The molecule has 1 heterocycles. The summed E-state index contributed by atoms with van der Waals surface area (Å²) in [6.07, 6.45) is -0.327. The maximum Gasteiger partial charge on any atom is 0.410 e. The fraction of sp³-hybridized carbons (Fsp3) is 0.609. The van der Waals surface area contributed by atoms with Gasteiger partial charge in [-0.2, -0.15) is 0 Å². The van der Waals surface area contributed by atoms with Crippen molar-refractivity contribution in [2.24, 2.45) is 0 Å². The van der Waals surface area contributed by atoms with Gasteiger partial charge in [0.25, 0.3) is 5.91 Å². The van der Waals surface area contributed by atoms with Gasteiger partial charge in [-0.1, -0.05) is 0 Å². The molecule has 9 nitrogen and oxygen atoms in total. The van der Waals surface area contributed by atoms with Crippen LogP contribution in [0.3, 0.4) is 0 Å². The third kappa shape index (κ3) is 7.12. The molecule has 32 heavy (non-hydrogen) atoms. The summed E-state index contributed by atoms with van der Waals surface area (Å²) in [6, 6.07) is 6.82. The Labute approximate surface area is 190 Å². The van der Waals surface area contributed by atoms with E-state index in [4.69, 9.17) is 9.47 Å². The van der Waals surface area contributed by atoms with Crippen molar-refractivity contribution in [1.82, 2.24) is 20.4 Å². The second kappa shape index (κ2) is 10.7. The quantitative estimate of drug-likeness (QED) is 0.618. The van der Waals surface area contributed by atoms with E-state index in [0.717, 1.165) is 0 Å². The highest BCUT2D eigenvalue weighted by Crippen LogP contribution is 2.19. The van der Waals surface area contributed by atoms with Crippen LogP contribution in [0, 0.1) is 0 Å². The molecular weight excluding hydrogens is 412 g/mol. The van der Waals surface area contributed by atoms with Gasteiger partial charge in [-0.15, -0.1) is 0 Å². The molecule has 0 unspecified atom stereocenters. The molecule has 1 saturated heterocycles. The summed E-state index contributed by atoms with van der Waals surface area (Å²) >= 11 is 0. The van der Waals surface area contributed by atoms with Crippen LogP contribution < -0.4 is 15.4 Å². The first kappa shape index (κ1) is 25.5.